The molecule has 1 atom stereocenters. The molecule has 0 aliphatic heterocycles. The fraction of sp³-hybridized carbons (Fsp3) is 0.235. The quantitative estimate of drug-likeness (QED) is 0.827. The molecule has 96 valence electrons. The number of Topliss-reactive ketones (excluding diaryl/α,β-unsaturated/α-hetero) is 1. The Labute approximate surface area is 112 Å². The molecule has 1 saturated carbocycles. The van der Waals surface area contributed by atoms with Gasteiger partial charge in [0.2, 0.25) is 0 Å². The first-order chi connectivity index (χ1) is 9.24. The zero-order valence-corrected chi connectivity index (χ0v) is 11.0. The van der Waals surface area contributed by atoms with Crippen LogP contribution in [0.2, 0.25) is 0 Å². The van der Waals surface area contributed by atoms with E-state index in [1.54, 1.807) is 7.11 Å². The summed E-state index contributed by atoms with van der Waals surface area (Å²) in [7, 11) is 1.66. The van der Waals surface area contributed by atoms with E-state index >= 15 is 0 Å². The highest BCUT2D eigenvalue weighted by Crippen LogP contribution is 2.38. The number of fused-ring (bicyclic) bond motifs is 1. The van der Waals surface area contributed by atoms with Crippen LogP contribution in [0.25, 0.3) is 16.8 Å². The van der Waals surface area contributed by atoms with Gasteiger partial charge in [-0.2, -0.15) is 0 Å². The lowest BCUT2D eigenvalue weighted by Gasteiger charge is -2.26. The minimum atomic E-state index is 0.0690. The highest BCUT2D eigenvalue weighted by molar-refractivity contribution is 5.97. The second-order valence-corrected chi connectivity index (χ2v) is 4.92. The number of methoxy groups -OCH3 is 1. The standard InChI is InChI=1S/C17H16O2/c1-3-13-14-7-5-12(19-2)10-11(14)4-6-15(13)16-8-9-17(16)18/h3-7,10,16H,1,8-9H2,2H3/t16-/m0/s1. The SMILES string of the molecule is C=Cc1c([C@@H]2CCC2=O)ccc2cc(OC)ccc12. The van der Waals surface area contributed by atoms with Crippen molar-refractivity contribution >= 4 is 22.6 Å². The lowest BCUT2D eigenvalue weighted by atomic mass is 9.76. The molecule has 0 spiro atoms. The van der Waals surface area contributed by atoms with Gasteiger partial charge in [-0.1, -0.05) is 30.9 Å². The van der Waals surface area contributed by atoms with Gasteiger partial charge in [-0.25, -0.2) is 0 Å². The first-order valence-electron chi connectivity index (χ1n) is 6.50. The number of ketones is 1. The molecule has 0 saturated heterocycles. The summed E-state index contributed by atoms with van der Waals surface area (Å²) < 4.78 is 5.24. The van der Waals surface area contributed by atoms with E-state index in [1.165, 1.54) is 0 Å². The molecule has 2 heteroatoms. The van der Waals surface area contributed by atoms with E-state index in [4.69, 9.17) is 4.74 Å². The van der Waals surface area contributed by atoms with Gasteiger partial charge in [0, 0.05) is 12.3 Å². The van der Waals surface area contributed by atoms with Crippen LogP contribution < -0.4 is 4.74 Å². The smallest absolute Gasteiger partial charge is 0.140 e. The van der Waals surface area contributed by atoms with Crippen LogP contribution in [0.1, 0.15) is 29.9 Å². The van der Waals surface area contributed by atoms with E-state index in [-0.39, 0.29) is 5.92 Å². The molecular formula is C17H16O2. The molecule has 19 heavy (non-hydrogen) atoms. The summed E-state index contributed by atoms with van der Waals surface area (Å²) in [6.07, 6.45) is 3.53. The lowest BCUT2D eigenvalue weighted by molar-refractivity contribution is -0.125. The highest BCUT2D eigenvalue weighted by atomic mass is 16.5. The maximum absolute atomic E-state index is 11.7. The molecule has 1 aliphatic rings. The number of benzene rings is 2. The Balaban J connectivity index is 2.20. The molecule has 2 nitrogen and oxygen atoms in total. The van der Waals surface area contributed by atoms with E-state index in [1.807, 2.05) is 24.3 Å². The predicted molar refractivity (Wildman–Crippen MR) is 77.6 cm³/mol. The van der Waals surface area contributed by atoms with Crippen LogP contribution in [0.3, 0.4) is 0 Å². The lowest BCUT2D eigenvalue weighted by Crippen LogP contribution is -2.23. The molecule has 0 aromatic heterocycles. The third-order valence-electron chi connectivity index (χ3n) is 3.95. The van der Waals surface area contributed by atoms with Crippen molar-refractivity contribution in [1.29, 1.82) is 0 Å². The van der Waals surface area contributed by atoms with Crippen molar-refractivity contribution in [3.05, 3.63) is 48.0 Å². The second kappa shape index (κ2) is 4.54. The van der Waals surface area contributed by atoms with Gasteiger partial charge in [0.25, 0.3) is 0 Å². The molecule has 0 unspecified atom stereocenters. The molecule has 1 aliphatic carbocycles. The summed E-state index contributed by atoms with van der Waals surface area (Å²) in [5.74, 6) is 1.26. The van der Waals surface area contributed by atoms with Gasteiger partial charge in [0.1, 0.15) is 11.5 Å². The van der Waals surface area contributed by atoms with Gasteiger partial charge < -0.3 is 4.74 Å². The molecular weight excluding hydrogens is 236 g/mol. The average molecular weight is 252 g/mol. The maximum Gasteiger partial charge on any atom is 0.140 e. The maximum atomic E-state index is 11.7. The second-order valence-electron chi connectivity index (χ2n) is 4.92. The van der Waals surface area contributed by atoms with Gasteiger partial charge in [0.15, 0.2) is 0 Å². The number of carbonyl (C=O) groups excluding carboxylic acids is 1. The summed E-state index contributed by atoms with van der Waals surface area (Å²) in [5, 5.41) is 2.25. The molecule has 0 N–H and O–H groups in total. The van der Waals surface area contributed by atoms with Gasteiger partial charge in [-0.05, 0) is 40.5 Å². The summed E-state index contributed by atoms with van der Waals surface area (Å²) in [4.78, 5) is 11.7. The van der Waals surface area contributed by atoms with Crippen LogP contribution in [0.4, 0.5) is 0 Å². The van der Waals surface area contributed by atoms with Gasteiger partial charge in [-0.3, -0.25) is 4.79 Å². The van der Waals surface area contributed by atoms with Crippen molar-refractivity contribution in [2.45, 2.75) is 18.8 Å². The van der Waals surface area contributed by atoms with E-state index in [9.17, 15) is 4.79 Å². The first-order valence-corrected chi connectivity index (χ1v) is 6.50. The number of hydrogen-bond donors (Lipinski definition) is 0. The van der Waals surface area contributed by atoms with Crippen LogP contribution in [0.15, 0.2) is 36.9 Å². The molecule has 0 heterocycles. The molecule has 2 aromatic rings. The van der Waals surface area contributed by atoms with E-state index in [0.29, 0.717) is 12.2 Å². The average Bonchev–Trinajstić information content (AvgIpc) is 2.44. The topological polar surface area (TPSA) is 26.3 Å². The van der Waals surface area contributed by atoms with Crippen molar-refractivity contribution in [1.82, 2.24) is 0 Å². The number of carbonyl (C=O) groups is 1. The Morgan fingerprint density at radius 2 is 2.16 bits per heavy atom. The van der Waals surface area contributed by atoms with Gasteiger partial charge in [0.05, 0.1) is 7.11 Å². The van der Waals surface area contributed by atoms with Gasteiger partial charge >= 0.3 is 0 Å². The molecule has 3 rings (SSSR count). The normalized spacial score (nSPS) is 18.2. The Morgan fingerprint density at radius 3 is 2.74 bits per heavy atom. The Hall–Kier alpha value is -2.09. The fourth-order valence-electron chi connectivity index (χ4n) is 2.74. The zero-order valence-electron chi connectivity index (χ0n) is 11.0. The van der Waals surface area contributed by atoms with Crippen molar-refractivity contribution in [2.75, 3.05) is 7.11 Å². The molecule has 2 aromatic carbocycles. The Morgan fingerprint density at radius 1 is 1.32 bits per heavy atom. The third kappa shape index (κ3) is 1.84. The Kier molecular flexibility index (Phi) is 2.86. The van der Waals surface area contributed by atoms with Crippen LogP contribution >= 0.6 is 0 Å². The van der Waals surface area contributed by atoms with Crippen molar-refractivity contribution in [3.8, 4) is 5.75 Å². The van der Waals surface area contributed by atoms with Crippen LogP contribution in [0.5, 0.6) is 5.75 Å². The minimum Gasteiger partial charge on any atom is -0.497 e. The highest BCUT2D eigenvalue weighted by Gasteiger charge is 2.31. The molecule has 0 amide bonds. The van der Waals surface area contributed by atoms with Crippen molar-refractivity contribution < 1.29 is 9.53 Å². The zero-order chi connectivity index (χ0) is 13.4. The first kappa shape index (κ1) is 12.0. The fourth-order valence-corrected chi connectivity index (χ4v) is 2.74. The number of hydrogen-bond acceptors (Lipinski definition) is 2. The summed E-state index contributed by atoms with van der Waals surface area (Å²) in [6, 6.07) is 10.1. The summed E-state index contributed by atoms with van der Waals surface area (Å²) in [5.41, 5.74) is 2.20. The van der Waals surface area contributed by atoms with Crippen LogP contribution in [-0.2, 0) is 4.79 Å². The minimum absolute atomic E-state index is 0.0690. The summed E-state index contributed by atoms with van der Waals surface area (Å²) >= 11 is 0. The van der Waals surface area contributed by atoms with Crippen LogP contribution in [0, 0.1) is 0 Å². The van der Waals surface area contributed by atoms with Gasteiger partial charge in [-0.15, -0.1) is 0 Å². The largest absolute Gasteiger partial charge is 0.497 e. The van der Waals surface area contributed by atoms with E-state index in [0.717, 1.165) is 34.1 Å². The molecule has 0 bridgehead atoms. The number of rotatable bonds is 3. The predicted octanol–water partition coefficient (Wildman–Crippen LogP) is 3.94. The van der Waals surface area contributed by atoms with E-state index < -0.39 is 0 Å². The summed E-state index contributed by atoms with van der Waals surface area (Å²) in [6.45, 7) is 3.91. The Bertz CT molecular complexity index is 670. The van der Waals surface area contributed by atoms with Crippen molar-refractivity contribution in [2.24, 2.45) is 0 Å². The number of ether oxygens (including phenoxy) is 1. The van der Waals surface area contributed by atoms with Crippen LogP contribution in [-0.4, -0.2) is 12.9 Å². The molecule has 0 radical (unpaired) electrons. The molecule has 1 fully saturated rings. The monoisotopic (exact) mass is 252 g/mol. The van der Waals surface area contributed by atoms with Crippen molar-refractivity contribution in [3.63, 3.8) is 0 Å². The third-order valence-corrected chi connectivity index (χ3v) is 3.95. The van der Waals surface area contributed by atoms with E-state index in [2.05, 4.69) is 18.7 Å².